The van der Waals surface area contributed by atoms with Crippen LogP contribution in [0.2, 0.25) is 0 Å². The van der Waals surface area contributed by atoms with E-state index in [9.17, 15) is 0 Å². The highest BCUT2D eigenvalue weighted by molar-refractivity contribution is 6.25. The van der Waals surface area contributed by atoms with Gasteiger partial charge in [0.1, 0.15) is 0 Å². The normalized spacial score (nSPS) is 11.8. The molecule has 0 radical (unpaired) electrons. The van der Waals surface area contributed by atoms with E-state index in [4.69, 9.17) is 9.97 Å². The predicted octanol–water partition coefficient (Wildman–Crippen LogP) is 16.8. The second kappa shape index (κ2) is 15.2. The number of fused-ring (bicyclic) bond motifs is 12. The van der Waals surface area contributed by atoms with Gasteiger partial charge in [-0.05, 0) is 116 Å². The fourth-order valence-electron chi connectivity index (χ4n) is 10.7. The number of aromatic nitrogens is 4. The molecule has 0 atom stereocenters. The molecule has 0 N–H and O–H groups in total. The van der Waals surface area contributed by atoms with Crippen LogP contribution in [0.1, 0.15) is 0 Å². The Kier molecular flexibility index (Phi) is 8.55. The van der Waals surface area contributed by atoms with Gasteiger partial charge in [0, 0.05) is 49.6 Å². The van der Waals surface area contributed by atoms with Crippen molar-refractivity contribution in [3.8, 4) is 56.4 Å². The summed E-state index contributed by atoms with van der Waals surface area (Å²) < 4.78 is 4.83. The van der Waals surface area contributed by atoms with Gasteiger partial charge >= 0.3 is 0 Å². The van der Waals surface area contributed by atoms with Gasteiger partial charge in [-0.2, -0.15) is 0 Å². The molecule has 14 aromatic rings. The fraction of sp³-hybridized carbons (Fsp3) is 0. The smallest absolute Gasteiger partial charge is 0.160 e. The molecule has 0 bridgehead atoms. The minimum Gasteiger partial charge on any atom is -0.309 e. The molecule has 0 unspecified atom stereocenters. The molecule has 0 aliphatic carbocycles. The summed E-state index contributed by atoms with van der Waals surface area (Å²) in [5.41, 5.74) is 14.1. The van der Waals surface area contributed by atoms with E-state index in [1.165, 1.54) is 76.0 Å². The van der Waals surface area contributed by atoms with E-state index < -0.39 is 0 Å². The van der Waals surface area contributed by atoms with Gasteiger partial charge in [0.15, 0.2) is 5.82 Å². The molecular formula is C64H40N4. The maximum atomic E-state index is 5.11. The quantitative estimate of drug-likeness (QED) is 0.156. The summed E-state index contributed by atoms with van der Waals surface area (Å²) in [5.74, 6) is 0.695. The molecule has 0 aliphatic rings. The Labute approximate surface area is 392 Å². The standard InChI is InChI=1S/C64H40N4/c1-3-15-41(16-4-1)58-40-59(42-17-5-2-6-18-42)66-64(65-58)43-27-31-46(32-28-43)67-60-25-13-11-23-53(60)55-34-29-45(38-63(55)67)44-30-36-62-57(37-44)54-24-12-14-26-61(54)68(62)47-33-35-52-50-21-8-7-19-48(50)49-20-9-10-22-51(49)56(52)39-47/h1-40H. The second-order valence-electron chi connectivity index (χ2n) is 17.7. The third-order valence-corrected chi connectivity index (χ3v) is 13.9. The van der Waals surface area contributed by atoms with Gasteiger partial charge < -0.3 is 9.13 Å². The van der Waals surface area contributed by atoms with Crippen LogP contribution in [-0.4, -0.2) is 19.1 Å². The van der Waals surface area contributed by atoms with Crippen LogP contribution in [-0.2, 0) is 0 Å². The summed E-state index contributed by atoms with van der Waals surface area (Å²) in [6.45, 7) is 0. The largest absolute Gasteiger partial charge is 0.309 e. The van der Waals surface area contributed by atoms with Crippen molar-refractivity contribution >= 4 is 75.9 Å². The van der Waals surface area contributed by atoms with E-state index in [1.807, 2.05) is 12.1 Å². The Hall–Kier alpha value is -9.12. The lowest BCUT2D eigenvalue weighted by molar-refractivity contribution is 1.16. The van der Waals surface area contributed by atoms with Gasteiger partial charge in [0.05, 0.1) is 33.5 Å². The van der Waals surface area contributed by atoms with Gasteiger partial charge in [0.2, 0.25) is 0 Å². The van der Waals surface area contributed by atoms with Crippen LogP contribution in [0.3, 0.4) is 0 Å². The van der Waals surface area contributed by atoms with Crippen LogP contribution >= 0.6 is 0 Å². The zero-order valence-corrected chi connectivity index (χ0v) is 36.9. The molecule has 4 heteroatoms. The van der Waals surface area contributed by atoms with E-state index in [-0.39, 0.29) is 0 Å². The Balaban J connectivity index is 0.888. The number of hydrogen-bond acceptors (Lipinski definition) is 2. The maximum Gasteiger partial charge on any atom is 0.160 e. The van der Waals surface area contributed by atoms with Crippen molar-refractivity contribution in [1.82, 2.24) is 19.1 Å². The molecule has 316 valence electrons. The molecular weight excluding hydrogens is 825 g/mol. The second-order valence-corrected chi connectivity index (χ2v) is 17.7. The van der Waals surface area contributed by atoms with E-state index in [1.54, 1.807) is 0 Å². The highest BCUT2D eigenvalue weighted by Crippen LogP contribution is 2.41. The first kappa shape index (κ1) is 38.2. The van der Waals surface area contributed by atoms with Crippen LogP contribution < -0.4 is 0 Å². The van der Waals surface area contributed by atoms with Gasteiger partial charge in [0.25, 0.3) is 0 Å². The van der Waals surface area contributed by atoms with Crippen LogP contribution in [0.4, 0.5) is 0 Å². The monoisotopic (exact) mass is 864 g/mol. The number of hydrogen-bond donors (Lipinski definition) is 0. The van der Waals surface area contributed by atoms with E-state index >= 15 is 0 Å². The van der Waals surface area contributed by atoms with Crippen LogP contribution in [0, 0.1) is 0 Å². The van der Waals surface area contributed by atoms with Gasteiger partial charge in [-0.3, -0.25) is 0 Å². The molecule has 0 amide bonds. The first-order chi connectivity index (χ1) is 33.7. The highest BCUT2D eigenvalue weighted by atomic mass is 15.0. The summed E-state index contributed by atoms with van der Waals surface area (Å²) in [7, 11) is 0. The highest BCUT2D eigenvalue weighted by Gasteiger charge is 2.18. The van der Waals surface area contributed by atoms with Crippen LogP contribution in [0.25, 0.3) is 132 Å². The Morgan fingerprint density at radius 1 is 0.221 bits per heavy atom. The maximum absolute atomic E-state index is 5.11. The zero-order chi connectivity index (χ0) is 44.7. The molecule has 14 rings (SSSR count). The van der Waals surface area contributed by atoms with Crippen molar-refractivity contribution in [3.05, 3.63) is 243 Å². The molecule has 68 heavy (non-hydrogen) atoms. The molecule has 4 nitrogen and oxygen atoms in total. The molecule has 0 fully saturated rings. The predicted molar refractivity (Wildman–Crippen MR) is 285 cm³/mol. The third-order valence-electron chi connectivity index (χ3n) is 13.9. The summed E-state index contributed by atoms with van der Waals surface area (Å²) in [6, 6.07) is 87.5. The van der Waals surface area contributed by atoms with Crippen molar-refractivity contribution in [2.24, 2.45) is 0 Å². The Bertz CT molecular complexity index is 4200. The molecule has 11 aromatic carbocycles. The molecule has 3 aromatic heterocycles. The molecule has 0 saturated carbocycles. The van der Waals surface area contributed by atoms with Crippen molar-refractivity contribution in [2.75, 3.05) is 0 Å². The van der Waals surface area contributed by atoms with Gasteiger partial charge in [-0.15, -0.1) is 0 Å². The zero-order valence-electron chi connectivity index (χ0n) is 36.9. The number of nitrogens with zero attached hydrogens (tertiary/aromatic N) is 4. The summed E-state index contributed by atoms with van der Waals surface area (Å²) in [5, 5.41) is 12.6. The van der Waals surface area contributed by atoms with Crippen molar-refractivity contribution < 1.29 is 0 Å². The van der Waals surface area contributed by atoms with Crippen molar-refractivity contribution in [3.63, 3.8) is 0 Å². The molecule has 3 heterocycles. The Morgan fingerprint density at radius 3 is 1.25 bits per heavy atom. The van der Waals surface area contributed by atoms with E-state index in [2.05, 4.69) is 240 Å². The average molecular weight is 865 g/mol. The number of benzene rings is 11. The molecule has 0 spiro atoms. The van der Waals surface area contributed by atoms with Gasteiger partial charge in [-0.25, -0.2) is 9.97 Å². The van der Waals surface area contributed by atoms with E-state index in [0.717, 1.165) is 50.5 Å². The minimum atomic E-state index is 0.695. The first-order valence-electron chi connectivity index (χ1n) is 23.2. The SMILES string of the molecule is c1ccc(-c2cc(-c3ccccc3)nc(-c3ccc(-n4c5ccccc5c5ccc(-c6ccc7c(c6)c6ccccc6n7-c6ccc7c8ccccc8c8ccccc8c7c6)cc54)cc3)n2)cc1. The van der Waals surface area contributed by atoms with E-state index in [0.29, 0.717) is 5.82 Å². The average Bonchev–Trinajstić information content (AvgIpc) is 3.93. The number of para-hydroxylation sites is 2. The Morgan fingerprint density at radius 2 is 0.632 bits per heavy atom. The first-order valence-corrected chi connectivity index (χ1v) is 23.2. The molecule has 0 saturated heterocycles. The van der Waals surface area contributed by atoms with Crippen LogP contribution in [0.5, 0.6) is 0 Å². The third kappa shape index (κ3) is 6.01. The lowest BCUT2D eigenvalue weighted by atomic mass is 9.94. The minimum absolute atomic E-state index is 0.695. The van der Waals surface area contributed by atoms with Gasteiger partial charge in [-0.1, -0.05) is 170 Å². The summed E-state index contributed by atoms with van der Waals surface area (Å²) >= 11 is 0. The topological polar surface area (TPSA) is 35.6 Å². The fourth-order valence-corrected chi connectivity index (χ4v) is 10.7. The van der Waals surface area contributed by atoms with Crippen molar-refractivity contribution in [1.29, 1.82) is 0 Å². The van der Waals surface area contributed by atoms with Crippen LogP contribution in [0.15, 0.2) is 243 Å². The summed E-state index contributed by atoms with van der Waals surface area (Å²) in [6.07, 6.45) is 0. The summed E-state index contributed by atoms with van der Waals surface area (Å²) in [4.78, 5) is 10.2. The lowest BCUT2D eigenvalue weighted by Gasteiger charge is -2.14. The molecule has 0 aliphatic heterocycles. The lowest BCUT2D eigenvalue weighted by Crippen LogP contribution is -1.97. The van der Waals surface area contributed by atoms with Crippen molar-refractivity contribution in [2.45, 2.75) is 0 Å². The number of rotatable bonds is 6.